The highest BCUT2D eigenvalue weighted by molar-refractivity contribution is 6.31. The summed E-state index contributed by atoms with van der Waals surface area (Å²) in [7, 11) is 0. The van der Waals surface area contributed by atoms with E-state index in [1.807, 2.05) is 48.5 Å². The average Bonchev–Trinajstić information content (AvgIpc) is 3.02. The lowest BCUT2D eigenvalue weighted by atomic mass is 10.1. The van der Waals surface area contributed by atoms with Crippen molar-refractivity contribution in [3.05, 3.63) is 65.2 Å². The van der Waals surface area contributed by atoms with Crippen molar-refractivity contribution in [3.8, 4) is 11.8 Å². The van der Waals surface area contributed by atoms with Gasteiger partial charge in [0.2, 0.25) is 11.8 Å². The highest BCUT2D eigenvalue weighted by atomic mass is 35.5. The number of rotatable bonds is 3. The first kappa shape index (κ1) is 17.1. The number of amides is 2. The van der Waals surface area contributed by atoms with Gasteiger partial charge in [-0.15, -0.1) is 0 Å². The maximum absolute atomic E-state index is 12.3. The van der Waals surface area contributed by atoms with E-state index in [0.717, 1.165) is 11.3 Å². The fourth-order valence-corrected chi connectivity index (χ4v) is 2.90. The van der Waals surface area contributed by atoms with E-state index in [9.17, 15) is 9.59 Å². The summed E-state index contributed by atoms with van der Waals surface area (Å²) in [5.41, 5.74) is 1.55. The lowest BCUT2D eigenvalue weighted by molar-refractivity contribution is -0.126. The van der Waals surface area contributed by atoms with Gasteiger partial charge >= 0.3 is 0 Å². The van der Waals surface area contributed by atoms with Crippen LogP contribution in [0.5, 0.6) is 0 Å². The average molecular weight is 353 g/mol. The van der Waals surface area contributed by atoms with Crippen molar-refractivity contribution in [2.45, 2.75) is 6.42 Å². The molecule has 2 aromatic rings. The summed E-state index contributed by atoms with van der Waals surface area (Å²) >= 11 is 6.03. The van der Waals surface area contributed by atoms with Gasteiger partial charge in [-0.05, 0) is 24.3 Å². The molecule has 0 aliphatic carbocycles. The van der Waals surface area contributed by atoms with Crippen LogP contribution in [0.4, 0.5) is 5.69 Å². The Morgan fingerprint density at radius 3 is 2.64 bits per heavy atom. The van der Waals surface area contributed by atoms with Crippen LogP contribution in [-0.2, 0) is 9.59 Å². The second kappa shape index (κ2) is 7.87. The molecule has 2 amide bonds. The molecule has 0 aromatic heterocycles. The van der Waals surface area contributed by atoms with Crippen LogP contribution in [0.15, 0.2) is 54.6 Å². The number of benzene rings is 2. The fraction of sp³-hybridized carbons (Fsp3) is 0.200. The van der Waals surface area contributed by atoms with Crippen LogP contribution in [0, 0.1) is 17.8 Å². The molecular formula is C20H17ClN2O2. The number of hydrogen-bond donors (Lipinski definition) is 1. The summed E-state index contributed by atoms with van der Waals surface area (Å²) in [6.07, 6.45) is 0.221. The number of para-hydroxylation sites is 1. The zero-order valence-corrected chi connectivity index (χ0v) is 14.3. The van der Waals surface area contributed by atoms with Crippen LogP contribution in [0.25, 0.3) is 0 Å². The molecule has 1 N–H and O–H groups in total. The van der Waals surface area contributed by atoms with Gasteiger partial charge in [-0.3, -0.25) is 9.59 Å². The second-order valence-corrected chi connectivity index (χ2v) is 6.15. The van der Waals surface area contributed by atoms with Crippen molar-refractivity contribution < 1.29 is 9.59 Å². The molecule has 0 saturated carbocycles. The number of nitrogens with zero attached hydrogens (tertiary/aromatic N) is 1. The molecule has 1 aliphatic rings. The molecule has 0 bridgehead atoms. The predicted octanol–water partition coefficient (Wildman–Crippen LogP) is 2.86. The van der Waals surface area contributed by atoms with Crippen LogP contribution in [-0.4, -0.2) is 24.9 Å². The molecule has 2 aromatic carbocycles. The molecule has 4 nitrogen and oxygen atoms in total. The zero-order chi connectivity index (χ0) is 17.6. The first-order chi connectivity index (χ1) is 12.1. The van der Waals surface area contributed by atoms with E-state index in [1.165, 1.54) is 0 Å². The zero-order valence-electron chi connectivity index (χ0n) is 13.5. The van der Waals surface area contributed by atoms with Gasteiger partial charge in [0.25, 0.3) is 0 Å². The molecule has 1 saturated heterocycles. The molecule has 126 valence electrons. The summed E-state index contributed by atoms with van der Waals surface area (Å²) < 4.78 is 0. The second-order valence-electron chi connectivity index (χ2n) is 5.74. The highest BCUT2D eigenvalue weighted by Crippen LogP contribution is 2.24. The Morgan fingerprint density at radius 1 is 1.16 bits per heavy atom. The van der Waals surface area contributed by atoms with Crippen LogP contribution in [0.2, 0.25) is 5.02 Å². The van der Waals surface area contributed by atoms with Crippen molar-refractivity contribution in [3.63, 3.8) is 0 Å². The summed E-state index contributed by atoms with van der Waals surface area (Å²) in [5.74, 6) is 5.28. The standard InChI is InChI=1S/C20H17ClN2O2/c21-18-11-5-4-7-15(18)8-6-12-22-20(25)16-13-19(24)23(14-16)17-9-2-1-3-10-17/h1-5,7,9-11,16H,12-14H2,(H,22,25). The SMILES string of the molecule is O=C(NCC#Cc1ccccc1Cl)C1CC(=O)N(c2ccccc2)C1. The van der Waals surface area contributed by atoms with Gasteiger partial charge in [-0.1, -0.05) is 53.8 Å². The van der Waals surface area contributed by atoms with Crippen LogP contribution in [0.1, 0.15) is 12.0 Å². The fourth-order valence-electron chi connectivity index (χ4n) is 2.72. The lowest BCUT2D eigenvalue weighted by Crippen LogP contribution is -2.33. The van der Waals surface area contributed by atoms with E-state index in [4.69, 9.17) is 11.6 Å². The molecule has 1 heterocycles. The molecular weight excluding hydrogens is 336 g/mol. The van der Waals surface area contributed by atoms with Crippen molar-refractivity contribution in [1.29, 1.82) is 0 Å². The number of anilines is 1. The van der Waals surface area contributed by atoms with Gasteiger partial charge in [-0.2, -0.15) is 0 Å². The third-order valence-corrected chi connectivity index (χ3v) is 4.34. The Morgan fingerprint density at radius 2 is 1.88 bits per heavy atom. The van der Waals surface area contributed by atoms with Crippen LogP contribution in [0.3, 0.4) is 0 Å². The Labute approximate surface area is 151 Å². The molecule has 1 fully saturated rings. The molecule has 3 rings (SSSR count). The smallest absolute Gasteiger partial charge is 0.227 e. The number of nitrogens with one attached hydrogen (secondary N) is 1. The number of hydrogen-bond acceptors (Lipinski definition) is 2. The van der Waals surface area contributed by atoms with E-state index in [0.29, 0.717) is 11.6 Å². The minimum absolute atomic E-state index is 0.0338. The topological polar surface area (TPSA) is 49.4 Å². The Hall–Kier alpha value is -2.77. The molecule has 1 atom stereocenters. The maximum Gasteiger partial charge on any atom is 0.227 e. The minimum Gasteiger partial charge on any atom is -0.345 e. The molecule has 25 heavy (non-hydrogen) atoms. The van der Waals surface area contributed by atoms with Crippen molar-refractivity contribution in [2.75, 3.05) is 18.0 Å². The largest absolute Gasteiger partial charge is 0.345 e. The first-order valence-electron chi connectivity index (χ1n) is 8.01. The van der Waals surface area contributed by atoms with Gasteiger partial charge in [-0.25, -0.2) is 0 Å². The number of carbonyl (C=O) groups excluding carboxylic acids is 2. The monoisotopic (exact) mass is 352 g/mol. The number of halogens is 1. The Bertz CT molecular complexity index is 840. The van der Waals surface area contributed by atoms with Gasteiger partial charge in [0, 0.05) is 24.2 Å². The Balaban J connectivity index is 1.55. The van der Waals surface area contributed by atoms with Crippen molar-refractivity contribution >= 4 is 29.1 Å². The molecule has 1 unspecified atom stereocenters. The quantitative estimate of drug-likeness (QED) is 0.863. The molecule has 0 spiro atoms. The Kier molecular flexibility index (Phi) is 5.37. The first-order valence-corrected chi connectivity index (χ1v) is 8.39. The highest BCUT2D eigenvalue weighted by Gasteiger charge is 2.34. The summed E-state index contributed by atoms with van der Waals surface area (Å²) in [6.45, 7) is 0.618. The van der Waals surface area contributed by atoms with E-state index in [1.54, 1.807) is 11.0 Å². The van der Waals surface area contributed by atoms with E-state index in [2.05, 4.69) is 17.2 Å². The molecule has 1 aliphatic heterocycles. The van der Waals surface area contributed by atoms with E-state index < -0.39 is 0 Å². The van der Waals surface area contributed by atoms with Gasteiger partial charge < -0.3 is 10.2 Å². The third kappa shape index (κ3) is 4.20. The maximum atomic E-state index is 12.3. The van der Waals surface area contributed by atoms with Gasteiger partial charge in [0.1, 0.15) is 0 Å². The molecule has 5 heteroatoms. The lowest BCUT2D eigenvalue weighted by Gasteiger charge is -2.16. The van der Waals surface area contributed by atoms with E-state index >= 15 is 0 Å². The normalized spacial score (nSPS) is 16.3. The summed E-state index contributed by atoms with van der Waals surface area (Å²) in [5, 5.41) is 3.36. The predicted molar refractivity (Wildman–Crippen MR) is 98.2 cm³/mol. The van der Waals surface area contributed by atoms with Gasteiger partial charge in [0.05, 0.1) is 17.5 Å². The summed E-state index contributed by atoms with van der Waals surface area (Å²) in [4.78, 5) is 26.1. The van der Waals surface area contributed by atoms with Crippen molar-refractivity contribution in [1.82, 2.24) is 5.32 Å². The summed E-state index contributed by atoms with van der Waals surface area (Å²) in [6, 6.07) is 16.7. The minimum atomic E-state index is -0.352. The number of carbonyl (C=O) groups is 2. The van der Waals surface area contributed by atoms with E-state index in [-0.39, 0.29) is 30.7 Å². The van der Waals surface area contributed by atoms with Gasteiger partial charge in [0.15, 0.2) is 0 Å². The third-order valence-electron chi connectivity index (χ3n) is 4.01. The van der Waals surface area contributed by atoms with Crippen LogP contribution >= 0.6 is 11.6 Å². The molecule has 0 radical (unpaired) electrons. The van der Waals surface area contributed by atoms with Crippen molar-refractivity contribution in [2.24, 2.45) is 5.92 Å². The van der Waals surface area contributed by atoms with Crippen LogP contribution < -0.4 is 10.2 Å².